The number of carboxylic acid groups (broad SMARTS) is 1. The molecule has 176 valence electrons. The van der Waals surface area contributed by atoms with Crippen LogP contribution in [0.15, 0.2) is 36.5 Å². The minimum absolute atomic E-state index is 0.134. The van der Waals surface area contributed by atoms with Crippen LogP contribution in [0.3, 0.4) is 0 Å². The summed E-state index contributed by atoms with van der Waals surface area (Å²) < 4.78 is 5.08. The second-order valence-corrected chi connectivity index (χ2v) is 8.65. The lowest BCUT2D eigenvalue weighted by atomic mass is 10.0. The van der Waals surface area contributed by atoms with Gasteiger partial charge in [0.25, 0.3) is 0 Å². The number of aliphatic carboxylic acids is 1. The third kappa shape index (κ3) is 6.12. The predicted octanol–water partition coefficient (Wildman–Crippen LogP) is 3.19. The molecule has 0 spiro atoms. The number of nitrogens with zero attached hydrogens (tertiary/aromatic N) is 4. The largest absolute Gasteiger partial charge is 0.481 e. The van der Waals surface area contributed by atoms with E-state index in [-0.39, 0.29) is 12.5 Å². The lowest BCUT2D eigenvalue weighted by molar-refractivity contribution is -0.138. The van der Waals surface area contributed by atoms with Crippen LogP contribution < -0.4 is 10.1 Å². The first kappa shape index (κ1) is 22.8. The molecule has 0 radical (unpaired) electrons. The number of hydrogen-bond acceptors (Lipinski definition) is 6. The molecule has 9 nitrogen and oxygen atoms in total. The van der Waals surface area contributed by atoms with E-state index in [0.29, 0.717) is 31.1 Å². The number of anilines is 1. The van der Waals surface area contributed by atoms with Crippen molar-refractivity contribution in [1.29, 1.82) is 0 Å². The van der Waals surface area contributed by atoms with E-state index in [1.54, 1.807) is 28.1 Å². The van der Waals surface area contributed by atoms with Gasteiger partial charge < -0.3 is 25.0 Å². The van der Waals surface area contributed by atoms with E-state index < -0.39 is 12.0 Å². The zero-order chi connectivity index (χ0) is 23.2. The van der Waals surface area contributed by atoms with Gasteiger partial charge in [-0.05, 0) is 49.3 Å². The number of aryl methyl sites for hydroxylation is 1. The number of rotatable bonds is 12. The number of carboxylic acids is 1. The summed E-state index contributed by atoms with van der Waals surface area (Å²) in [7, 11) is 1.52. The summed E-state index contributed by atoms with van der Waals surface area (Å²) in [6.07, 6.45) is 5.60. The highest BCUT2D eigenvalue weighted by molar-refractivity contribution is 5.78. The summed E-state index contributed by atoms with van der Waals surface area (Å²) >= 11 is 0. The topological polar surface area (TPSA) is 108 Å². The van der Waals surface area contributed by atoms with E-state index in [1.807, 2.05) is 18.2 Å². The van der Waals surface area contributed by atoms with E-state index in [4.69, 9.17) is 4.74 Å². The van der Waals surface area contributed by atoms with Gasteiger partial charge in [-0.3, -0.25) is 4.79 Å². The summed E-state index contributed by atoms with van der Waals surface area (Å²) in [4.78, 5) is 36.8. The van der Waals surface area contributed by atoms with Gasteiger partial charge >= 0.3 is 12.0 Å². The Labute approximate surface area is 193 Å². The highest BCUT2D eigenvalue weighted by atomic mass is 16.5. The quantitative estimate of drug-likeness (QED) is 0.508. The molecule has 1 aliphatic heterocycles. The molecule has 2 amide bonds. The molecule has 1 unspecified atom stereocenters. The van der Waals surface area contributed by atoms with Crippen LogP contribution in [-0.4, -0.2) is 70.2 Å². The smallest absolute Gasteiger partial charge is 0.320 e. The standard InChI is InChI=1S/C24H31N5O4/c1-33-22-10-9-18(16-26-22)20(14-23(30)31)29-13-12-28(24(29)32)11-3-5-19-4-2-6-21(27-19)25-15-17-7-8-17/h2,4,6,9-10,16-17,20H,3,5,7-8,11-15H2,1H3,(H,25,27)(H,30,31). The van der Waals surface area contributed by atoms with Crippen LogP contribution in [0.2, 0.25) is 0 Å². The Kier molecular flexibility index (Phi) is 7.26. The van der Waals surface area contributed by atoms with Gasteiger partial charge in [-0.25, -0.2) is 14.8 Å². The molecule has 2 aromatic heterocycles. The lowest BCUT2D eigenvalue weighted by Gasteiger charge is -2.27. The van der Waals surface area contributed by atoms with E-state index in [1.165, 1.54) is 20.0 Å². The van der Waals surface area contributed by atoms with Gasteiger partial charge in [0.2, 0.25) is 5.88 Å². The first-order chi connectivity index (χ1) is 16.0. The lowest BCUT2D eigenvalue weighted by Crippen LogP contribution is -2.36. The normalized spacial score (nSPS) is 16.7. The molecule has 1 atom stereocenters. The van der Waals surface area contributed by atoms with Crippen LogP contribution in [0.25, 0.3) is 0 Å². The van der Waals surface area contributed by atoms with Crippen molar-refractivity contribution < 1.29 is 19.4 Å². The summed E-state index contributed by atoms with van der Waals surface area (Å²) in [5, 5.41) is 12.8. The molecular weight excluding hydrogens is 422 g/mol. The molecule has 2 fully saturated rings. The fraction of sp³-hybridized carbons (Fsp3) is 0.500. The molecule has 4 rings (SSSR count). The van der Waals surface area contributed by atoms with Crippen LogP contribution in [0.5, 0.6) is 5.88 Å². The Morgan fingerprint density at radius 3 is 2.82 bits per heavy atom. The van der Waals surface area contributed by atoms with E-state index in [2.05, 4.69) is 15.3 Å². The first-order valence-electron chi connectivity index (χ1n) is 11.5. The second-order valence-electron chi connectivity index (χ2n) is 8.65. The molecule has 9 heteroatoms. The molecule has 2 aliphatic rings. The number of carbonyl (C=O) groups is 2. The van der Waals surface area contributed by atoms with Gasteiger partial charge in [-0.1, -0.05) is 12.1 Å². The second kappa shape index (κ2) is 10.5. The third-order valence-corrected chi connectivity index (χ3v) is 6.16. The van der Waals surface area contributed by atoms with Crippen molar-refractivity contribution in [2.75, 3.05) is 38.6 Å². The fourth-order valence-electron chi connectivity index (χ4n) is 4.12. The summed E-state index contributed by atoms with van der Waals surface area (Å²) in [5.74, 6) is 1.19. The molecule has 2 aromatic rings. The SMILES string of the molecule is COc1ccc(C(CC(=O)O)N2CCN(CCCc3cccc(NCC4CC4)n3)C2=O)cn1. The Morgan fingerprint density at radius 2 is 2.12 bits per heavy atom. The highest BCUT2D eigenvalue weighted by Gasteiger charge is 2.35. The monoisotopic (exact) mass is 453 g/mol. The Balaban J connectivity index is 1.32. The number of ether oxygens (including phenoxy) is 1. The van der Waals surface area contributed by atoms with Crippen LogP contribution in [0.1, 0.15) is 43.0 Å². The van der Waals surface area contributed by atoms with Crippen molar-refractivity contribution in [1.82, 2.24) is 19.8 Å². The Hall–Kier alpha value is -3.36. The zero-order valence-electron chi connectivity index (χ0n) is 18.9. The summed E-state index contributed by atoms with van der Waals surface area (Å²) in [6, 6.07) is 8.78. The van der Waals surface area contributed by atoms with Gasteiger partial charge in [0.1, 0.15) is 5.82 Å². The highest BCUT2D eigenvalue weighted by Crippen LogP contribution is 2.29. The zero-order valence-corrected chi connectivity index (χ0v) is 18.9. The minimum atomic E-state index is -0.955. The van der Waals surface area contributed by atoms with E-state index in [9.17, 15) is 14.7 Å². The molecule has 0 aromatic carbocycles. The molecule has 33 heavy (non-hydrogen) atoms. The number of hydrogen-bond donors (Lipinski definition) is 2. The van der Waals surface area contributed by atoms with Crippen LogP contribution in [0.4, 0.5) is 10.6 Å². The van der Waals surface area contributed by atoms with E-state index in [0.717, 1.165) is 36.8 Å². The van der Waals surface area contributed by atoms with Gasteiger partial charge in [-0.15, -0.1) is 0 Å². The van der Waals surface area contributed by atoms with Crippen molar-refractivity contribution in [2.24, 2.45) is 5.92 Å². The van der Waals surface area contributed by atoms with Gasteiger partial charge in [-0.2, -0.15) is 0 Å². The number of carbonyl (C=O) groups excluding carboxylic acids is 1. The Morgan fingerprint density at radius 1 is 1.27 bits per heavy atom. The third-order valence-electron chi connectivity index (χ3n) is 6.16. The average molecular weight is 454 g/mol. The minimum Gasteiger partial charge on any atom is -0.481 e. The molecule has 1 saturated heterocycles. The number of urea groups is 1. The van der Waals surface area contributed by atoms with Crippen molar-refractivity contribution in [3.8, 4) is 5.88 Å². The molecule has 1 saturated carbocycles. The van der Waals surface area contributed by atoms with Crippen molar-refractivity contribution in [2.45, 2.75) is 38.1 Å². The fourth-order valence-corrected chi connectivity index (χ4v) is 4.12. The Bertz CT molecular complexity index is 964. The average Bonchev–Trinajstić information content (AvgIpc) is 3.59. The number of methoxy groups -OCH3 is 1. The maximum atomic E-state index is 13.1. The van der Waals surface area contributed by atoms with Crippen LogP contribution in [-0.2, 0) is 11.2 Å². The maximum Gasteiger partial charge on any atom is 0.320 e. The number of nitrogens with one attached hydrogen (secondary N) is 1. The number of aromatic nitrogens is 2. The molecule has 1 aliphatic carbocycles. The van der Waals surface area contributed by atoms with Crippen molar-refractivity contribution in [3.05, 3.63) is 47.8 Å². The molecular formula is C24H31N5O4. The van der Waals surface area contributed by atoms with Gasteiger partial charge in [0.15, 0.2) is 0 Å². The number of amides is 2. The molecule has 2 N–H and O–H groups in total. The summed E-state index contributed by atoms with van der Waals surface area (Å²) in [5.41, 5.74) is 1.69. The van der Waals surface area contributed by atoms with Gasteiger partial charge in [0, 0.05) is 44.1 Å². The van der Waals surface area contributed by atoms with Crippen molar-refractivity contribution in [3.63, 3.8) is 0 Å². The maximum absolute atomic E-state index is 13.1. The van der Waals surface area contributed by atoms with Crippen LogP contribution in [0, 0.1) is 5.92 Å². The van der Waals surface area contributed by atoms with Gasteiger partial charge in [0.05, 0.1) is 19.6 Å². The van der Waals surface area contributed by atoms with Crippen molar-refractivity contribution >= 4 is 17.8 Å². The molecule has 0 bridgehead atoms. The predicted molar refractivity (Wildman–Crippen MR) is 123 cm³/mol. The number of pyridine rings is 2. The first-order valence-corrected chi connectivity index (χ1v) is 11.5. The van der Waals surface area contributed by atoms with E-state index >= 15 is 0 Å². The summed E-state index contributed by atoms with van der Waals surface area (Å²) in [6.45, 7) is 2.66. The molecule has 3 heterocycles. The van der Waals surface area contributed by atoms with Crippen LogP contribution >= 0.6 is 0 Å².